The van der Waals surface area contributed by atoms with Gasteiger partial charge in [-0.1, -0.05) is 32.0 Å². The number of rotatable bonds is 4. The number of hydrogen-bond acceptors (Lipinski definition) is 3. The van der Waals surface area contributed by atoms with E-state index in [1.54, 1.807) is 6.07 Å². The Kier molecular flexibility index (Phi) is 4.81. The Morgan fingerprint density at radius 3 is 2.71 bits per heavy atom. The molecule has 4 rings (SSSR count). The molecule has 0 aliphatic carbocycles. The Balaban J connectivity index is 2.12. The Hall–Kier alpha value is -2.50. The van der Waals surface area contributed by atoms with Crippen LogP contribution >= 0.6 is 11.3 Å². The lowest BCUT2D eigenvalue weighted by Crippen LogP contribution is -2.07. The van der Waals surface area contributed by atoms with Crippen LogP contribution in [0.2, 0.25) is 0 Å². The van der Waals surface area contributed by atoms with E-state index in [0.29, 0.717) is 15.8 Å². The SMILES string of the molecule is CC[C@@H](C)c1ccc(-c2c(CO)cc(C)c3[nH]c(=O)c4sccc4c23)cc1F. The average molecular weight is 395 g/mol. The smallest absolute Gasteiger partial charge is 0.266 e. The Labute approximate surface area is 166 Å². The van der Waals surface area contributed by atoms with Gasteiger partial charge in [-0.15, -0.1) is 11.3 Å². The van der Waals surface area contributed by atoms with Crippen molar-refractivity contribution < 1.29 is 9.50 Å². The normalized spacial score (nSPS) is 12.8. The summed E-state index contributed by atoms with van der Waals surface area (Å²) in [5.74, 6) is -0.100. The van der Waals surface area contributed by atoms with Crippen molar-refractivity contribution in [3.8, 4) is 11.1 Å². The number of aliphatic hydroxyl groups is 1. The van der Waals surface area contributed by atoms with Crippen LogP contribution in [0, 0.1) is 12.7 Å². The monoisotopic (exact) mass is 395 g/mol. The fourth-order valence-corrected chi connectivity index (χ4v) is 4.72. The third-order valence-corrected chi connectivity index (χ3v) is 6.50. The molecule has 5 heteroatoms. The first-order valence-corrected chi connectivity index (χ1v) is 10.3. The summed E-state index contributed by atoms with van der Waals surface area (Å²) in [6.45, 7) is 5.80. The van der Waals surface area contributed by atoms with E-state index in [1.165, 1.54) is 11.3 Å². The molecule has 4 aromatic rings. The number of aromatic amines is 1. The van der Waals surface area contributed by atoms with E-state index in [4.69, 9.17) is 0 Å². The van der Waals surface area contributed by atoms with Crippen LogP contribution in [0.1, 0.15) is 42.9 Å². The van der Waals surface area contributed by atoms with Crippen LogP contribution < -0.4 is 5.56 Å². The number of aryl methyl sites for hydroxylation is 1. The van der Waals surface area contributed by atoms with Gasteiger partial charge in [0.25, 0.3) is 5.56 Å². The van der Waals surface area contributed by atoms with Crippen LogP contribution in [-0.2, 0) is 6.61 Å². The number of aliphatic hydroxyl groups excluding tert-OH is 1. The van der Waals surface area contributed by atoms with Crippen molar-refractivity contribution in [3.05, 3.63) is 68.6 Å². The predicted molar refractivity (Wildman–Crippen MR) is 115 cm³/mol. The molecule has 0 aliphatic heterocycles. The molecule has 28 heavy (non-hydrogen) atoms. The van der Waals surface area contributed by atoms with Gasteiger partial charge in [-0.3, -0.25) is 4.79 Å². The second kappa shape index (κ2) is 7.15. The quantitative estimate of drug-likeness (QED) is 0.454. The summed E-state index contributed by atoms with van der Waals surface area (Å²) < 4.78 is 15.5. The molecule has 3 nitrogen and oxygen atoms in total. The Morgan fingerprint density at radius 1 is 1.25 bits per heavy atom. The van der Waals surface area contributed by atoms with Gasteiger partial charge in [-0.2, -0.15) is 0 Å². The van der Waals surface area contributed by atoms with Gasteiger partial charge in [0.2, 0.25) is 0 Å². The number of halogens is 1. The molecule has 0 amide bonds. The van der Waals surface area contributed by atoms with Crippen molar-refractivity contribution >= 4 is 32.3 Å². The van der Waals surface area contributed by atoms with Crippen molar-refractivity contribution in [1.82, 2.24) is 4.98 Å². The van der Waals surface area contributed by atoms with Gasteiger partial charge in [0, 0.05) is 10.8 Å². The second-order valence-corrected chi connectivity index (χ2v) is 8.21. The molecule has 2 aromatic heterocycles. The molecule has 0 aliphatic rings. The molecule has 0 radical (unpaired) electrons. The topological polar surface area (TPSA) is 53.1 Å². The lowest BCUT2D eigenvalue weighted by molar-refractivity contribution is 0.282. The number of thiophene rings is 1. The molecule has 2 aromatic carbocycles. The number of pyridine rings is 1. The molecular weight excluding hydrogens is 373 g/mol. The van der Waals surface area contributed by atoms with E-state index in [-0.39, 0.29) is 23.9 Å². The predicted octanol–water partition coefficient (Wildman–Crippen LogP) is 5.86. The van der Waals surface area contributed by atoms with Crippen molar-refractivity contribution in [2.45, 2.75) is 39.7 Å². The van der Waals surface area contributed by atoms with Crippen LogP contribution in [0.5, 0.6) is 0 Å². The van der Waals surface area contributed by atoms with E-state index >= 15 is 0 Å². The summed E-state index contributed by atoms with van der Waals surface area (Å²) in [5.41, 5.74) is 4.39. The number of aromatic nitrogens is 1. The third-order valence-electron chi connectivity index (χ3n) is 5.59. The number of benzene rings is 2. The van der Waals surface area contributed by atoms with Crippen LogP contribution in [0.4, 0.5) is 4.39 Å². The van der Waals surface area contributed by atoms with E-state index in [1.807, 2.05) is 50.4 Å². The molecule has 0 unspecified atom stereocenters. The van der Waals surface area contributed by atoms with E-state index in [0.717, 1.165) is 39.4 Å². The number of H-pyrrole nitrogens is 1. The van der Waals surface area contributed by atoms with Crippen LogP contribution in [0.3, 0.4) is 0 Å². The molecule has 0 fully saturated rings. The summed E-state index contributed by atoms with van der Waals surface area (Å²) in [7, 11) is 0. The van der Waals surface area contributed by atoms with E-state index in [2.05, 4.69) is 4.98 Å². The first-order valence-electron chi connectivity index (χ1n) is 9.42. The molecule has 0 saturated heterocycles. The molecule has 0 bridgehead atoms. The molecule has 0 saturated carbocycles. The standard InChI is InChI=1S/C23H22FNO2S/c1-4-12(2)16-6-5-14(10-18(16)24)19-15(11-26)9-13(3)21-20(19)17-7-8-28-22(17)23(27)25-21/h5-10,12,26H,4,11H2,1-3H3,(H,25,27)/t12-/m1/s1. The highest BCUT2D eigenvalue weighted by atomic mass is 32.1. The van der Waals surface area contributed by atoms with Gasteiger partial charge < -0.3 is 10.1 Å². The van der Waals surface area contributed by atoms with Crippen LogP contribution in [0.15, 0.2) is 40.5 Å². The maximum absolute atomic E-state index is 14.9. The number of fused-ring (bicyclic) bond motifs is 3. The fourth-order valence-electron chi connectivity index (χ4n) is 3.93. The summed E-state index contributed by atoms with van der Waals surface area (Å²) in [6.07, 6.45) is 0.863. The largest absolute Gasteiger partial charge is 0.392 e. The second-order valence-electron chi connectivity index (χ2n) is 7.30. The minimum absolute atomic E-state index is 0.124. The van der Waals surface area contributed by atoms with Crippen molar-refractivity contribution in [2.75, 3.05) is 0 Å². The van der Waals surface area contributed by atoms with E-state index in [9.17, 15) is 14.3 Å². The minimum Gasteiger partial charge on any atom is -0.392 e. The van der Waals surface area contributed by atoms with Crippen molar-refractivity contribution in [2.24, 2.45) is 0 Å². The van der Waals surface area contributed by atoms with Gasteiger partial charge in [0.05, 0.1) is 12.1 Å². The van der Waals surface area contributed by atoms with Crippen molar-refractivity contribution in [1.29, 1.82) is 0 Å². The highest BCUT2D eigenvalue weighted by molar-refractivity contribution is 7.17. The lowest BCUT2D eigenvalue weighted by Gasteiger charge is -2.17. The van der Waals surface area contributed by atoms with Gasteiger partial charge in [-0.05, 0) is 64.6 Å². The zero-order valence-electron chi connectivity index (χ0n) is 16.1. The van der Waals surface area contributed by atoms with Gasteiger partial charge in [0.15, 0.2) is 0 Å². The zero-order valence-corrected chi connectivity index (χ0v) is 16.9. The maximum Gasteiger partial charge on any atom is 0.266 e. The van der Waals surface area contributed by atoms with Crippen LogP contribution in [-0.4, -0.2) is 10.1 Å². The lowest BCUT2D eigenvalue weighted by atomic mass is 9.89. The molecule has 1 atom stereocenters. The van der Waals surface area contributed by atoms with Crippen molar-refractivity contribution in [3.63, 3.8) is 0 Å². The summed E-state index contributed by atoms with van der Waals surface area (Å²) in [5, 5.41) is 13.6. The van der Waals surface area contributed by atoms with Gasteiger partial charge >= 0.3 is 0 Å². The maximum atomic E-state index is 14.9. The molecule has 144 valence electrons. The average Bonchev–Trinajstić information content (AvgIpc) is 3.18. The Bertz CT molecular complexity index is 1260. The first-order chi connectivity index (χ1) is 13.5. The highest BCUT2D eigenvalue weighted by Gasteiger charge is 2.19. The molecule has 2 heterocycles. The first kappa shape index (κ1) is 18.8. The molecule has 2 N–H and O–H groups in total. The molecular formula is C23H22FNO2S. The number of hydrogen-bond donors (Lipinski definition) is 2. The summed E-state index contributed by atoms with van der Waals surface area (Å²) in [6, 6.07) is 9.09. The minimum atomic E-state index is -0.240. The summed E-state index contributed by atoms with van der Waals surface area (Å²) >= 11 is 1.38. The summed E-state index contributed by atoms with van der Waals surface area (Å²) in [4.78, 5) is 15.4. The highest BCUT2D eigenvalue weighted by Crippen LogP contribution is 2.39. The van der Waals surface area contributed by atoms with Gasteiger partial charge in [0.1, 0.15) is 10.5 Å². The zero-order chi connectivity index (χ0) is 20.0. The number of nitrogens with one attached hydrogen (secondary N) is 1. The van der Waals surface area contributed by atoms with Gasteiger partial charge in [-0.25, -0.2) is 4.39 Å². The molecule has 0 spiro atoms. The van der Waals surface area contributed by atoms with Crippen LogP contribution in [0.25, 0.3) is 32.1 Å². The Morgan fingerprint density at radius 2 is 2.04 bits per heavy atom. The fraction of sp³-hybridized carbons (Fsp3) is 0.261. The third kappa shape index (κ3) is 2.86. The van der Waals surface area contributed by atoms with E-state index < -0.39 is 0 Å².